The number of nitrogens with one attached hydrogen (secondary N) is 1. The summed E-state index contributed by atoms with van der Waals surface area (Å²) in [6.45, 7) is 33.6. The molecule has 1 N–H and O–H groups in total. The minimum Gasteiger partial charge on any atom is -0.429 e. The minimum atomic E-state index is -4.09. The van der Waals surface area contributed by atoms with E-state index in [2.05, 4.69) is 39.2 Å². The van der Waals surface area contributed by atoms with E-state index in [0.717, 1.165) is 0 Å². The zero-order valence-electron chi connectivity index (χ0n) is 29.9. The van der Waals surface area contributed by atoms with Crippen LogP contribution in [-0.4, -0.2) is 43.4 Å². The van der Waals surface area contributed by atoms with Crippen molar-refractivity contribution in [3.05, 3.63) is 29.3 Å². The number of rotatable bonds is 11. The Hall–Kier alpha value is -1.42. The van der Waals surface area contributed by atoms with E-state index < -0.39 is 45.2 Å². The van der Waals surface area contributed by atoms with Crippen molar-refractivity contribution < 1.29 is 36.8 Å². The Morgan fingerprint density at radius 3 is 1.77 bits per heavy atom. The van der Waals surface area contributed by atoms with E-state index in [0.29, 0.717) is 23.4 Å². The molecule has 0 radical (unpaired) electrons. The first-order valence-electron chi connectivity index (χ1n) is 15.0. The maximum Gasteiger partial charge on any atom is 0.531 e. The first kappa shape index (κ1) is 39.6. The fraction of sp³-hybridized carbons (Fsp3) is 0.781. The van der Waals surface area contributed by atoms with E-state index in [1.54, 1.807) is 74.4 Å². The van der Waals surface area contributed by atoms with Crippen molar-refractivity contribution in [2.24, 2.45) is 0 Å². The molecule has 1 rings (SSSR count). The molecule has 11 heteroatoms. The van der Waals surface area contributed by atoms with Crippen molar-refractivity contribution in [3.63, 3.8) is 0 Å². The van der Waals surface area contributed by atoms with Gasteiger partial charge < -0.3 is 23.7 Å². The summed E-state index contributed by atoms with van der Waals surface area (Å²) in [5, 5.41) is 3.38. The molecule has 0 aliphatic carbocycles. The van der Waals surface area contributed by atoms with Gasteiger partial charge in [-0.05, 0) is 119 Å². The minimum absolute atomic E-state index is 0.0371. The third-order valence-corrected chi connectivity index (χ3v) is 12.7. The molecule has 0 saturated carbocycles. The van der Waals surface area contributed by atoms with Crippen LogP contribution in [0.5, 0.6) is 5.75 Å². The second kappa shape index (κ2) is 13.9. The predicted molar refractivity (Wildman–Crippen MR) is 176 cm³/mol. The molecule has 250 valence electrons. The van der Waals surface area contributed by atoms with Gasteiger partial charge in [0.15, 0.2) is 8.32 Å². The zero-order valence-corrected chi connectivity index (χ0v) is 31.8. The fourth-order valence-corrected chi connectivity index (χ4v) is 6.16. The largest absolute Gasteiger partial charge is 0.531 e. The van der Waals surface area contributed by atoms with E-state index in [1.165, 1.54) is 0 Å². The molecule has 0 bridgehead atoms. The van der Waals surface area contributed by atoms with E-state index in [1.807, 2.05) is 26.8 Å². The maximum atomic E-state index is 14.0. The van der Waals surface area contributed by atoms with Gasteiger partial charge in [-0.2, -0.15) is 0 Å². The summed E-state index contributed by atoms with van der Waals surface area (Å²) in [6, 6.07) is 5.34. The van der Waals surface area contributed by atoms with Gasteiger partial charge in [0, 0.05) is 17.6 Å². The molecular weight excluding hydrogens is 585 g/mol. The van der Waals surface area contributed by atoms with Gasteiger partial charge in [0.2, 0.25) is 0 Å². The molecule has 0 spiro atoms. The molecule has 0 saturated heterocycles. The molecule has 1 aromatic carbocycles. The number of phosphoric acid groups is 1. The van der Waals surface area contributed by atoms with Gasteiger partial charge in [-0.25, -0.2) is 9.36 Å². The van der Waals surface area contributed by atoms with Crippen molar-refractivity contribution in [1.82, 2.24) is 5.32 Å². The van der Waals surface area contributed by atoms with E-state index >= 15 is 0 Å². The smallest absolute Gasteiger partial charge is 0.429 e. The van der Waals surface area contributed by atoms with Gasteiger partial charge in [-0.15, -0.1) is 0 Å². The van der Waals surface area contributed by atoms with E-state index in [-0.39, 0.29) is 17.2 Å². The third-order valence-electron chi connectivity index (χ3n) is 6.28. The summed E-state index contributed by atoms with van der Waals surface area (Å²) in [6.07, 6.45) is -1.45. The third kappa shape index (κ3) is 15.4. The Morgan fingerprint density at radius 1 is 0.837 bits per heavy atom. The number of carbonyl (C=O) groups excluding carboxylic acids is 1. The van der Waals surface area contributed by atoms with Gasteiger partial charge in [0.05, 0.1) is 17.8 Å². The van der Waals surface area contributed by atoms with Crippen LogP contribution in [0.15, 0.2) is 18.2 Å². The molecule has 0 aliphatic rings. The van der Waals surface area contributed by atoms with Crippen LogP contribution in [0.25, 0.3) is 0 Å². The Bertz CT molecular complexity index is 1100. The van der Waals surface area contributed by atoms with Crippen LogP contribution in [0.1, 0.15) is 121 Å². The molecule has 0 aromatic heterocycles. The molecule has 1 unspecified atom stereocenters. The van der Waals surface area contributed by atoms with Crippen LogP contribution in [0.3, 0.4) is 0 Å². The quantitative estimate of drug-likeness (QED) is 0.143. The monoisotopic (exact) mass is 645 g/mol. The highest BCUT2D eigenvalue weighted by Gasteiger charge is 2.40. The zero-order chi connectivity index (χ0) is 33.9. The average molecular weight is 646 g/mol. The average Bonchev–Trinajstić information content (AvgIpc) is 2.70. The Morgan fingerprint density at radius 2 is 1.35 bits per heavy atom. The molecule has 1 aromatic rings. The lowest BCUT2D eigenvalue weighted by atomic mass is 10.0. The number of ether oxygens (including phenoxy) is 2. The lowest BCUT2D eigenvalue weighted by molar-refractivity contribution is -0.0282. The van der Waals surface area contributed by atoms with Crippen LogP contribution in [0, 0.1) is 0 Å². The number of benzene rings is 1. The highest BCUT2D eigenvalue weighted by molar-refractivity contribution is 7.49. The van der Waals surface area contributed by atoms with Crippen LogP contribution < -0.4 is 9.84 Å². The van der Waals surface area contributed by atoms with Crippen molar-refractivity contribution in [2.45, 2.75) is 157 Å². The normalized spacial score (nSPS) is 14.8. The first-order chi connectivity index (χ1) is 18.9. The van der Waals surface area contributed by atoms with Crippen molar-refractivity contribution in [3.8, 4) is 5.75 Å². The summed E-state index contributed by atoms with van der Waals surface area (Å²) in [4.78, 5) is 12.8. The lowest BCUT2D eigenvalue weighted by Crippen LogP contribution is -2.40. The Labute approximate surface area is 262 Å². The molecule has 0 heterocycles. The van der Waals surface area contributed by atoms with E-state index in [4.69, 9.17) is 27.5 Å². The second-order valence-electron chi connectivity index (χ2n) is 16.6. The summed E-state index contributed by atoms with van der Waals surface area (Å²) in [7, 11) is -6.28. The number of phosphoric ester groups is 1. The summed E-state index contributed by atoms with van der Waals surface area (Å²) in [5.74, 6) is 0.305. The van der Waals surface area contributed by atoms with Crippen molar-refractivity contribution >= 4 is 22.3 Å². The Balaban J connectivity index is 3.68. The molecule has 1 atom stereocenters. The molecule has 0 aliphatic heterocycles. The predicted octanol–water partition coefficient (Wildman–Crippen LogP) is 9.71. The molecule has 0 fully saturated rings. The fourth-order valence-electron chi connectivity index (χ4n) is 3.34. The van der Waals surface area contributed by atoms with Crippen LogP contribution in [-0.2, 0) is 34.1 Å². The highest BCUT2D eigenvalue weighted by atomic mass is 31.2. The maximum absolute atomic E-state index is 14.0. The summed E-state index contributed by atoms with van der Waals surface area (Å²) >= 11 is 0. The van der Waals surface area contributed by atoms with Gasteiger partial charge in [-0.3, -0.25) is 9.05 Å². The highest BCUT2D eigenvalue weighted by Crippen LogP contribution is 2.56. The van der Waals surface area contributed by atoms with Crippen LogP contribution in [0.4, 0.5) is 4.79 Å². The van der Waals surface area contributed by atoms with Gasteiger partial charge in [0.1, 0.15) is 17.5 Å². The van der Waals surface area contributed by atoms with Gasteiger partial charge in [0.25, 0.3) is 0 Å². The number of hydrogen-bond acceptors (Lipinski definition) is 9. The molecule has 43 heavy (non-hydrogen) atoms. The van der Waals surface area contributed by atoms with Crippen molar-refractivity contribution in [2.75, 3.05) is 6.54 Å². The van der Waals surface area contributed by atoms with Gasteiger partial charge in [-0.1, -0.05) is 26.8 Å². The summed E-state index contributed by atoms with van der Waals surface area (Å²) in [5.41, 5.74) is -1.21. The van der Waals surface area contributed by atoms with Crippen LogP contribution in [0.2, 0.25) is 18.1 Å². The number of hydrogen-bond donors (Lipinski definition) is 1. The second-order valence-corrected chi connectivity index (χ2v) is 22.8. The standard InChI is InChI=1S/C32H60NO8PSi/c1-28(2,3)33-21-26(37-27(34)38-29(4,5)6)23-18-19-25(24(20-23)22-36-43(16,17)32(13,14)15)39-42(35,40-30(7,8)9)41-31(10,11)12/h18-20,26,33H,21-22H2,1-17H3. The summed E-state index contributed by atoms with van der Waals surface area (Å²) < 4.78 is 49.8. The van der Waals surface area contributed by atoms with Crippen LogP contribution >= 0.6 is 7.82 Å². The van der Waals surface area contributed by atoms with Gasteiger partial charge >= 0.3 is 14.0 Å². The molecule has 0 amide bonds. The SMILES string of the molecule is CC(C)(C)NCC(OC(=O)OC(C)(C)C)c1ccc(OP(=O)(OC(C)(C)C)OC(C)(C)C)c(CO[Si](C)(C)C(C)(C)C)c1. The van der Waals surface area contributed by atoms with E-state index in [9.17, 15) is 9.36 Å². The lowest BCUT2D eigenvalue weighted by Gasteiger charge is -2.36. The topological polar surface area (TPSA) is 102 Å². The molecule has 9 nitrogen and oxygen atoms in total. The number of carbonyl (C=O) groups is 1. The Kier molecular flexibility index (Phi) is 12.8. The molecular formula is C32H60NO8PSi. The first-order valence-corrected chi connectivity index (χ1v) is 19.4. The van der Waals surface area contributed by atoms with Crippen molar-refractivity contribution in [1.29, 1.82) is 0 Å².